The van der Waals surface area contributed by atoms with Gasteiger partial charge in [-0.05, 0) is 32.2 Å². The van der Waals surface area contributed by atoms with Crippen LogP contribution in [0.15, 0.2) is 0 Å². The van der Waals surface area contributed by atoms with E-state index in [9.17, 15) is 0 Å². The van der Waals surface area contributed by atoms with Gasteiger partial charge in [0.1, 0.15) is 6.73 Å². The molecule has 5 heteroatoms. The molecule has 0 spiro atoms. The van der Waals surface area contributed by atoms with Gasteiger partial charge in [-0.2, -0.15) is 0 Å². The predicted molar refractivity (Wildman–Crippen MR) is 71.7 cm³/mol. The van der Waals surface area contributed by atoms with Gasteiger partial charge in [0.2, 0.25) is 0 Å². The SMILES string of the molecule is CCCN[C@H]1CCc2nc(NCOC)sc2C1. The molecule has 1 aromatic rings. The number of methoxy groups -OCH3 is 1. The van der Waals surface area contributed by atoms with Crippen molar-refractivity contribution in [1.29, 1.82) is 0 Å². The lowest BCUT2D eigenvalue weighted by Gasteiger charge is -2.21. The third kappa shape index (κ3) is 3.40. The monoisotopic (exact) mass is 255 g/mol. The highest BCUT2D eigenvalue weighted by Crippen LogP contribution is 2.29. The van der Waals surface area contributed by atoms with Gasteiger partial charge in [0.05, 0.1) is 5.69 Å². The largest absolute Gasteiger partial charge is 0.365 e. The van der Waals surface area contributed by atoms with Crippen molar-refractivity contribution in [3.63, 3.8) is 0 Å². The van der Waals surface area contributed by atoms with E-state index in [0.29, 0.717) is 12.8 Å². The highest BCUT2D eigenvalue weighted by atomic mass is 32.1. The van der Waals surface area contributed by atoms with E-state index in [-0.39, 0.29) is 0 Å². The molecule has 0 bridgehead atoms. The summed E-state index contributed by atoms with van der Waals surface area (Å²) < 4.78 is 5.00. The van der Waals surface area contributed by atoms with Gasteiger partial charge in [0, 0.05) is 18.0 Å². The molecule has 0 fully saturated rings. The fraction of sp³-hybridized carbons (Fsp3) is 0.750. The summed E-state index contributed by atoms with van der Waals surface area (Å²) in [7, 11) is 1.69. The first-order valence-corrected chi connectivity index (χ1v) is 7.10. The van der Waals surface area contributed by atoms with E-state index in [4.69, 9.17) is 4.74 Å². The number of rotatable bonds is 6. The maximum atomic E-state index is 5.00. The fourth-order valence-corrected chi connectivity index (χ4v) is 3.18. The number of anilines is 1. The summed E-state index contributed by atoms with van der Waals surface area (Å²) in [6.07, 6.45) is 4.64. The first-order valence-electron chi connectivity index (χ1n) is 6.28. The quantitative estimate of drug-likeness (QED) is 0.763. The van der Waals surface area contributed by atoms with Gasteiger partial charge in [-0.1, -0.05) is 6.92 Å². The summed E-state index contributed by atoms with van der Waals surface area (Å²) in [4.78, 5) is 6.04. The van der Waals surface area contributed by atoms with Crippen LogP contribution in [0.2, 0.25) is 0 Å². The third-order valence-corrected chi connectivity index (χ3v) is 4.07. The normalized spacial score (nSPS) is 19.1. The molecule has 4 nitrogen and oxygen atoms in total. The van der Waals surface area contributed by atoms with E-state index >= 15 is 0 Å². The topological polar surface area (TPSA) is 46.2 Å². The van der Waals surface area contributed by atoms with Crippen LogP contribution in [0.5, 0.6) is 0 Å². The van der Waals surface area contributed by atoms with Crippen LogP contribution in [-0.2, 0) is 17.6 Å². The summed E-state index contributed by atoms with van der Waals surface area (Å²) in [6, 6.07) is 0.637. The predicted octanol–water partition coefficient (Wildman–Crippen LogP) is 2.02. The van der Waals surface area contributed by atoms with Gasteiger partial charge in [0.25, 0.3) is 0 Å². The average molecular weight is 255 g/mol. The maximum absolute atomic E-state index is 5.00. The second-order valence-corrected chi connectivity index (χ2v) is 5.48. The lowest BCUT2D eigenvalue weighted by atomic mass is 9.98. The number of nitrogens with one attached hydrogen (secondary N) is 2. The van der Waals surface area contributed by atoms with Crippen molar-refractivity contribution < 1.29 is 4.74 Å². The lowest BCUT2D eigenvalue weighted by Crippen LogP contribution is -2.34. The van der Waals surface area contributed by atoms with Crippen molar-refractivity contribution in [1.82, 2.24) is 10.3 Å². The van der Waals surface area contributed by atoms with E-state index in [1.165, 1.54) is 23.4 Å². The maximum Gasteiger partial charge on any atom is 0.184 e. The molecular weight excluding hydrogens is 234 g/mol. The molecule has 0 saturated heterocycles. The van der Waals surface area contributed by atoms with Crippen molar-refractivity contribution in [2.75, 3.05) is 25.7 Å². The Morgan fingerprint density at radius 3 is 3.18 bits per heavy atom. The van der Waals surface area contributed by atoms with E-state index < -0.39 is 0 Å². The van der Waals surface area contributed by atoms with Gasteiger partial charge in [-0.25, -0.2) is 4.98 Å². The van der Waals surface area contributed by atoms with Crippen molar-refractivity contribution >= 4 is 16.5 Å². The van der Waals surface area contributed by atoms with E-state index in [1.54, 1.807) is 18.4 Å². The van der Waals surface area contributed by atoms with Crippen molar-refractivity contribution in [2.24, 2.45) is 0 Å². The van der Waals surface area contributed by atoms with Gasteiger partial charge in [-0.15, -0.1) is 11.3 Å². The number of ether oxygens (including phenoxy) is 1. The average Bonchev–Trinajstić information content (AvgIpc) is 2.75. The Labute approximate surface area is 107 Å². The number of aryl methyl sites for hydroxylation is 1. The zero-order chi connectivity index (χ0) is 12.1. The molecule has 0 aromatic carbocycles. The van der Waals surface area contributed by atoms with Crippen LogP contribution in [0.3, 0.4) is 0 Å². The zero-order valence-electron chi connectivity index (χ0n) is 10.6. The first-order chi connectivity index (χ1) is 8.33. The Hall–Kier alpha value is -0.650. The van der Waals surface area contributed by atoms with Crippen molar-refractivity contribution in [2.45, 2.75) is 38.6 Å². The second kappa shape index (κ2) is 6.33. The number of aromatic nitrogens is 1. The second-order valence-electron chi connectivity index (χ2n) is 4.39. The van der Waals surface area contributed by atoms with Gasteiger partial charge < -0.3 is 15.4 Å². The molecule has 17 heavy (non-hydrogen) atoms. The number of fused-ring (bicyclic) bond motifs is 1. The summed E-state index contributed by atoms with van der Waals surface area (Å²) in [5.74, 6) is 0. The standard InChI is InChI=1S/C12H21N3OS/c1-3-6-13-9-4-5-10-11(7-9)17-12(15-10)14-8-16-2/h9,13H,3-8H2,1-2H3,(H,14,15)/t9-/m0/s1. The minimum absolute atomic E-state index is 0.532. The lowest BCUT2D eigenvalue weighted by molar-refractivity contribution is 0.221. The Kier molecular flexibility index (Phi) is 4.76. The molecule has 1 atom stereocenters. The van der Waals surface area contributed by atoms with Crippen LogP contribution in [-0.4, -0.2) is 31.4 Å². The molecule has 0 unspecified atom stereocenters. The van der Waals surface area contributed by atoms with Crippen LogP contribution >= 0.6 is 11.3 Å². The van der Waals surface area contributed by atoms with E-state index in [2.05, 4.69) is 22.5 Å². The van der Waals surface area contributed by atoms with Crippen molar-refractivity contribution in [3.8, 4) is 0 Å². The smallest absolute Gasteiger partial charge is 0.184 e. The summed E-state index contributed by atoms with van der Waals surface area (Å²) in [5, 5.41) is 7.77. The van der Waals surface area contributed by atoms with Crippen LogP contribution in [0, 0.1) is 0 Å². The Bertz CT molecular complexity index is 354. The Morgan fingerprint density at radius 2 is 2.41 bits per heavy atom. The van der Waals surface area contributed by atoms with Crippen LogP contribution in [0.4, 0.5) is 5.13 Å². The molecule has 1 aliphatic carbocycles. The third-order valence-electron chi connectivity index (χ3n) is 2.99. The van der Waals surface area contributed by atoms with Crippen molar-refractivity contribution in [3.05, 3.63) is 10.6 Å². The number of hydrogen-bond donors (Lipinski definition) is 2. The molecule has 0 amide bonds. The zero-order valence-corrected chi connectivity index (χ0v) is 11.4. The molecule has 1 heterocycles. The van der Waals surface area contributed by atoms with Crippen LogP contribution in [0.1, 0.15) is 30.3 Å². The van der Waals surface area contributed by atoms with Crippen LogP contribution < -0.4 is 10.6 Å². The minimum atomic E-state index is 0.532. The fourth-order valence-electron chi connectivity index (χ4n) is 2.11. The summed E-state index contributed by atoms with van der Waals surface area (Å²) in [5.41, 5.74) is 1.28. The van der Waals surface area contributed by atoms with Gasteiger partial charge in [0.15, 0.2) is 5.13 Å². The van der Waals surface area contributed by atoms with E-state index in [0.717, 1.165) is 24.5 Å². The summed E-state index contributed by atoms with van der Waals surface area (Å²) in [6.45, 7) is 3.86. The Morgan fingerprint density at radius 1 is 1.53 bits per heavy atom. The molecule has 96 valence electrons. The van der Waals surface area contributed by atoms with E-state index in [1.807, 2.05) is 0 Å². The molecule has 1 aromatic heterocycles. The van der Waals surface area contributed by atoms with Crippen LogP contribution in [0.25, 0.3) is 0 Å². The number of hydrogen-bond acceptors (Lipinski definition) is 5. The highest BCUT2D eigenvalue weighted by molar-refractivity contribution is 7.15. The summed E-state index contributed by atoms with van der Waals surface area (Å²) >= 11 is 1.77. The molecule has 0 radical (unpaired) electrons. The number of thiazole rings is 1. The van der Waals surface area contributed by atoms with Gasteiger partial charge >= 0.3 is 0 Å². The first kappa shape index (κ1) is 12.8. The van der Waals surface area contributed by atoms with Gasteiger partial charge in [-0.3, -0.25) is 0 Å². The Balaban J connectivity index is 1.93. The molecular formula is C12H21N3OS. The molecule has 0 saturated carbocycles. The number of nitrogens with zero attached hydrogens (tertiary/aromatic N) is 1. The molecule has 1 aliphatic rings. The highest BCUT2D eigenvalue weighted by Gasteiger charge is 2.21. The molecule has 0 aliphatic heterocycles. The minimum Gasteiger partial charge on any atom is -0.365 e. The molecule has 2 rings (SSSR count). The molecule has 2 N–H and O–H groups in total.